The Balaban J connectivity index is 1.72. The molecular formula is C33H54ClN5O5. The molecule has 1 saturated heterocycles. The number of halogens is 1. The summed E-state index contributed by atoms with van der Waals surface area (Å²) < 4.78 is 10.3. The van der Waals surface area contributed by atoms with E-state index in [0.29, 0.717) is 50.1 Å². The highest BCUT2D eigenvalue weighted by molar-refractivity contribution is 6.30. The van der Waals surface area contributed by atoms with E-state index in [2.05, 4.69) is 22.5 Å². The molecule has 2 N–H and O–H groups in total. The number of benzene rings is 1. The van der Waals surface area contributed by atoms with Crippen LogP contribution in [0.1, 0.15) is 84.1 Å². The third kappa shape index (κ3) is 11.6. The first-order valence-electron chi connectivity index (χ1n) is 16.2. The molecule has 1 aliphatic heterocycles. The van der Waals surface area contributed by atoms with Gasteiger partial charge in [-0.15, -0.1) is 0 Å². The first-order chi connectivity index (χ1) is 20.9. The van der Waals surface area contributed by atoms with Gasteiger partial charge in [0.05, 0.1) is 7.11 Å². The van der Waals surface area contributed by atoms with Gasteiger partial charge in [-0.05, 0) is 77.0 Å². The van der Waals surface area contributed by atoms with E-state index in [1.807, 2.05) is 43.9 Å². The van der Waals surface area contributed by atoms with Gasteiger partial charge in [0.15, 0.2) is 0 Å². The maximum atomic E-state index is 13.8. The van der Waals surface area contributed by atoms with Crippen molar-refractivity contribution in [2.45, 2.75) is 103 Å². The number of anilines is 1. The molecule has 1 unspecified atom stereocenters. The predicted octanol–water partition coefficient (Wildman–Crippen LogP) is 6.58. The lowest BCUT2D eigenvalue weighted by molar-refractivity contribution is 0.0277. The molecular weight excluding hydrogens is 582 g/mol. The molecule has 2 atom stereocenters. The summed E-state index contributed by atoms with van der Waals surface area (Å²) in [5.41, 5.74) is 1.56. The molecule has 0 radical (unpaired) electrons. The first-order valence-corrected chi connectivity index (χ1v) is 16.6. The number of likely N-dealkylation sites (tertiary alicyclic amines) is 1. The number of piperidine rings is 1. The summed E-state index contributed by atoms with van der Waals surface area (Å²) in [5, 5.41) is 6.73. The number of carbonyl (C=O) groups excluding carboxylic acids is 3. The number of hydrogen-bond donors (Lipinski definition) is 2. The van der Waals surface area contributed by atoms with Crippen molar-refractivity contribution in [2.75, 3.05) is 51.8 Å². The summed E-state index contributed by atoms with van der Waals surface area (Å²) in [6.07, 6.45) is 8.56. The number of hydrogen-bond acceptors (Lipinski definition) is 6. The van der Waals surface area contributed by atoms with Crippen LogP contribution in [0.2, 0.25) is 5.02 Å². The van der Waals surface area contributed by atoms with E-state index in [-0.39, 0.29) is 24.2 Å². The molecule has 1 heterocycles. The van der Waals surface area contributed by atoms with Gasteiger partial charge in [-0.25, -0.2) is 14.4 Å². The van der Waals surface area contributed by atoms with Crippen molar-refractivity contribution in [1.82, 2.24) is 20.4 Å². The fourth-order valence-electron chi connectivity index (χ4n) is 6.31. The Kier molecular flexibility index (Phi) is 13.7. The van der Waals surface area contributed by atoms with Gasteiger partial charge in [0.2, 0.25) is 0 Å². The maximum absolute atomic E-state index is 13.8. The molecule has 1 aromatic rings. The van der Waals surface area contributed by atoms with E-state index in [4.69, 9.17) is 21.1 Å². The molecule has 0 bridgehead atoms. The second-order valence-electron chi connectivity index (χ2n) is 13.4. The zero-order valence-electron chi connectivity index (χ0n) is 27.6. The van der Waals surface area contributed by atoms with Crippen LogP contribution in [-0.2, 0) is 9.47 Å². The number of nitrogens with zero attached hydrogens (tertiary/aromatic N) is 3. The van der Waals surface area contributed by atoms with E-state index in [1.54, 1.807) is 11.9 Å². The number of nitrogens with one attached hydrogen (secondary N) is 2. The summed E-state index contributed by atoms with van der Waals surface area (Å²) in [6.45, 7) is 10.5. The van der Waals surface area contributed by atoms with Gasteiger partial charge in [-0.3, -0.25) is 0 Å². The number of ether oxygens (including phenoxy) is 2. The smallest absolute Gasteiger partial charge is 0.410 e. The summed E-state index contributed by atoms with van der Waals surface area (Å²) in [6, 6.07) is 5.71. The van der Waals surface area contributed by atoms with Gasteiger partial charge in [0.1, 0.15) is 5.60 Å². The second-order valence-corrected chi connectivity index (χ2v) is 13.8. The number of urea groups is 1. The molecule has 44 heavy (non-hydrogen) atoms. The molecule has 0 aromatic heterocycles. The number of carbonyl (C=O) groups is 3. The lowest BCUT2D eigenvalue weighted by atomic mass is 9.84. The molecule has 1 aliphatic carbocycles. The van der Waals surface area contributed by atoms with E-state index in [1.165, 1.54) is 26.4 Å². The van der Waals surface area contributed by atoms with Gasteiger partial charge >= 0.3 is 18.2 Å². The third-order valence-electron chi connectivity index (χ3n) is 8.51. The zero-order chi connectivity index (χ0) is 32.3. The van der Waals surface area contributed by atoms with E-state index >= 15 is 0 Å². The van der Waals surface area contributed by atoms with Crippen LogP contribution in [-0.4, -0.2) is 92.6 Å². The highest BCUT2D eigenvalue weighted by Crippen LogP contribution is 2.30. The lowest BCUT2D eigenvalue weighted by Gasteiger charge is -2.42. The molecule has 10 nitrogen and oxygen atoms in total. The lowest BCUT2D eigenvalue weighted by Crippen LogP contribution is -2.56. The topological polar surface area (TPSA) is 103 Å². The highest BCUT2D eigenvalue weighted by atomic mass is 35.5. The van der Waals surface area contributed by atoms with Crippen molar-refractivity contribution in [3.8, 4) is 0 Å². The minimum absolute atomic E-state index is 0.0889. The molecule has 1 saturated carbocycles. The molecule has 248 valence electrons. The van der Waals surface area contributed by atoms with Crippen LogP contribution in [0.4, 0.5) is 20.1 Å². The second kappa shape index (κ2) is 17.0. The molecule has 2 fully saturated rings. The quantitative estimate of drug-likeness (QED) is 0.266. The Labute approximate surface area is 269 Å². The van der Waals surface area contributed by atoms with Crippen LogP contribution in [0.15, 0.2) is 18.2 Å². The summed E-state index contributed by atoms with van der Waals surface area (Å²) in [5.74, 6) is 0.537. The van der Waals surface area contributed by atoms with Gasteiger partial charge in [-0.1, -0.05) is 49.8 Å². The van der Waals surface area contributed by atoms with E-state index < -0.39 is 11.7 Å². The summed E-state index contributed by atoms with van der Waals surface area (Å²) >= 11 is 6.43. The molecule has 11 heteroatoms. The van der Waals surface area contributed by atoms with Crippen LogP contribution in [0.25, 0.3) is 0 Å². The van der Waals surface area contributed by atoms with Crippen molar-refractivity contribution in [2.24, 2.45) is 5.92 Å². The van der Waals surface area contributed by atoms with Crippen molar-refractivity contribution >= 4 is 35.5 Å². The van der Waals surface area contributed by atoms with Crippen molar-refractivity contribution < 1.29 is 23.9 Å². The molecule has 3 rings (SSSR count). The highest BCUT2D eigenvalue weighted by Gasteiger charge is 2.31. The van der Waals surface area contributed by atoms with Crippen LogP contribution in [0.5, 0.6) is 0 Å². The SMILES string of the molecule is COC(=O)NCCCN(c1cc(Cl)ccc1C)[C@H]1CCCN(C(=O)NC(CC2CCCCC2)CN(C)C(=O)OC(C)(C)C)C1. The third-order valence-corrected chi connectivity index (χ3v) is 8.74. The Bertz CT molecular complexity index is 1090. The minimum Gasteiger partial charge on any atom is -0.453 e. The summed E-state index contributed by atoms with van der Waals surface area (Å²) in [7, 11) is 3.10. The Hall–Kier alpha value is -2.88. The van der Waals surface area contributed by atoms with Crippen molar-refractivity contribution in [3.63, 3.8) is 0 Å². The predicted molar refractivity (Wildman–Crippen MR) is 176 cm³/mol. The first kappa shape index (κ1) is 35.6. The van der Waals surface area contributed by atoms with E-state index in [0.717, 1.165) is 43.4 Å². The standard InChI is InChI=1S/C33H54ClN5O5/c1-24-15-16-26(34)21-29(24)39(19-11-17-35-31(41)43-6)28-14-10-18-38(23-28)30(40)36-27(20-25-12-8-7-9-13-25)22-37(5)32(42)44-33(2,3)4/h15-16,21,25,27-28H,7-14,17-20,22-23H2,1-6H3,(H,35,41)(H,36,40)/t27?,28-/m0/s1. The van der Waals surface area contributed by atoms with Crippen molar-refractivity contribution in [3.05, 3.63) is 28.8 Å². The minimum atomic E-state index is -0.584. The van der Waals surface area contributed by atoms with Gasteiger partial charge in [-0.2, -0.15) is 0 Å². The fourth-order valence-corrected chi connectivity index (χ4v) is 6.48. The normalized spacial score (nSPS) is 18.2. The average Bonchev–Trinajstić information content (AvgIpc) is 2.98. The monoisotopic (exact) mass is 635 g/mol. The zero-order valence-corrected chi connectivity index (χ0v) is 28.4. The maximum Gasteiger partial charge on any atom is 0.410 e. The van der Waals surface area contributed by atoms with Crippen molar-refractivity contribution in [1.29, 1.82) is 0 Å². The number of alkyl carbamates (subject to hydrolysis) is 1. The Morgan fingerprint density at radius 2 is 1.84 bits per heavy atom. The Morgan fingerprint density at radius 1 is 1.11 bits per heavy atom. The van der Waals surface area contributed by atoms with Crippen LogP contribution in [0, 0.1) is 12.8 Å². The number of likely N-dealkylation sites (N-methyl/N-ethyl adjacent to an activating group) is 1. The average molecular weight is 636 g/mol. The molecule has 2 aliphatic rings. The Morgan fingerprint density at radius 3 is 2.52 bits per heavy atom. The van der Waals surface area contributed by atoms with E-state index in [9.17, 15) is 14.4 Å². The van der Waals surface area contributed by atoms with Gasteiger partial charge in [0, 0.05) is 62.6 Å². The van der Waals surface area contributed by atoms with Gasteiger partial charge < -0.3 is 34.8 Å². The fraction of sp³-hybridized carbons (Fsp3) is 0.727. The largest absolute Gasteiger partial charge is 0.453 e. The number of aryl methyl sites for hydroxylation is 1. The molecule has 0 spiro atoms. The number of rotatable bonds is 11. The number of methoxy groups -OCH3 is 1. The van der Waals surface area contributed by atoms with Crippen LogP contribution in [0.3, 0.4) is 0 Å². The van der Waals surface area contributed by atoms with Crippen LogP contribution >= 0.6 is 11.6 Å². The molecule has 4 amide bonds. The van der Waals surface area contributed by atoms with Crippen LogP contribution < -0.4 is 15.5 Å². The summed E-state index contributed by atoms with van der Waals surface area (Å²) in [4.78, 5) is 44.0. The number of amides is 4. The van der Waals surface area contributed by atoms with Gasteiger partial charge in [0.25, 0.3) is 0 Å². The molecule has 1 aromatic carbocycles.